The first-order valence-corrected chi connectivity index (χ1v) is 7.95. The molecule has 2 amide bonds. The summed E-state index contributed by atoms with van der Waals surface area (Å²) in [5.41, 5.74) is 1.29. The molecule has 0 radical (unpaired) electrons. The highest BCUT2D eigenvalue weighted by molar-refractivity contribution is 5.78. The third kappa shape index (κ3) is 7.24. The van der Waals surface area contributed by atoms with Gasteiger partial charge in [0.05, 0.1) is 0 Å². The quantitative estimate of drug-likeness (QED) is 0.665. The van der Waals surface area contributed by atoms with Gasteiger partial charge in [0.15, 0.2) is 0 Å². The maximum absolute atomic E-state index is 12.5. The molecule has 0 saturated carbocycles. The standard InChI is InChI=1S/C18H26N2O5/c1-17(2,3)24-15(22)19-20(16(23)25-18(4,5)6)14(12-21)13-10-8-7-9-11-13/h7-12,14H,1-6H3,(H,19,22)/t14-/m1/s1. The Balaban J connectivity index is 3.11. The van der Waals surface area contributed by atoms with Crippen molar-refractivity contribution in [3.05, 3.63) is 35.9 Å². The lowest BCUT2D eigenvalue weighted by molar-refractivity contribution is -0.113. The van der Waals surface area contributed by atoms with E-state index in [4.69, 9.17) is 9.47 Å². The maximum atomic E-state index is 12.5. The molecule has 25 heavy (non-hydrogen) atoms. The zero-order valence-electron chi connectivity index (χ0n) is 15.5. The van der Waals surface area contributed by atoms with E-state index in [9.17, 15) is 14.4 Å². The van der Waals surface area contributed by atoms with Crippen LogP contribution in [-0.2, 0) is 14.3 Å². The van der Waals surface area contributed by atoms with Gasteiger partial charge in [0.25, 0.3) is 0 Å². The molecule has 0 heterocycles. The van der Waals surface area contributed by atoms with Crippen molar-refractivity contribution in [3.63, 3.8) is 0 Å². The highest BCUT2D eigenvalue weighted by Gasteiger charge is 2.32. The number of carbonyl (C=O) groups is 3. The van der Waals surface area contributed by atoms with Crippen molar-refractivity contribution in [2.24, 2.45) is 0 Å². The van der Waals surface area contributed by atoms with Gasteiger partial charge in [-0.15, -0.1) is 0 Å². The van der Waals surface area contributed by atoms with Crippen LogP contribution in [-0.4, -0.2) is 34.7 Å². The Kier molecular flexibility index (Phi) is 6.55. The first kappa shape index (κ1) is 20.5. The Morgan fingerprint density at radius 1 is 1.00 bits per heavy atom. The number of aldehydes is 1. The number of rotatable bonds is 3. The van der Waals surface area contributed by atoms with Crippen molar-refractivity contribution < 1.29 is 23.9 Å². The Morgan fingerprint density at radius 2 is 1.52 bits per heavy atom. The van der Waals surface area contributed by atoms with Crippen LogP contribution in [0.3, 0.4) is 0 Å². The zero-order valence-corrected chi connectivity index (χ0v) is 15.5. The van der Waals surface area contributed by atoms with Gasteiger partial charge in [-0.3, -0.25) is 0 Å². The first-order valence-electron chi connectivity index (χ1n) is 7.95. The molecule has 0 aliphatic heterocycles. The van der Waals surface area contributed by atoms with E-state index < -0.39 is 29.4 Å². The largest absolute Gasteiger partial charge is 0.443 e. The van der Waals surface area contributed by atoms with E-state index in [1.165, 1.54) is 0 Å². The first-order chi connectivity index (χ1) is 11.4. The smallest absolute Gasteiger partial charge is 0.430 e. The fourth-order valence-electron chi connectivity index (χ4n) is 1.88. The lowest BCUT2D eigenvalue weighted by Gasteiger charge is -2.31. The summed E-state index contributed by atoms with van der Waals surface area (Å²) in [7, 11) is 0. The minimum Gasteiger partial charge on any atom is -0.443 e. The molecular weight excluding hydrogens is 324 g/mol. The maximum Gasteiger partial charge on any atom is 0.430 e. The average Bonchev–Trinajstić information content (AvgIpc) is 2.44. The number of benzene rings is 1. The predicted molar refractivity (Wildman–Crippen MR) is 92.7 cm³/mol. The Hall–Kier alpha value is -2.57. The van der Waals surface area contributed by atoms with Crippen LogP contribution in [0.15, 0.2) is 30.3 Å². The topological polar surface area (TPSA) is 84.9 Å². The van der Waals surface area contributed by atoms with Crippen LogP contribution < -0.4 is 5.43 Å². The predicted octanol–water partition coefficient (Wildman–Crippen LogP) is 3.60. The third-order valence-electron chi connectivity index (χ3n) is 2.75. The normalized spacial score (nSPS) is 12.7. The van der Waals surface area contributed by atoms with E-state index >= 15 is 0 Å². The van der Waals surface area contributed by atoms with Gasteiger partial charge >= 0.3 is 12.2 Å². The van der Waals surface area contributed by atoms with E-state index in [-0.39, 0.29) is 0 Å². The summed E-state index contributed by atoms with van der Waals surface area (Å²) in [5, 5.41) is 0.835. The van der Waals surface area contributed by atoms with Crippen LogP contribution in [0.25, 0.3) is 0 Å². The van der Waals surface area contributed by atoms with Crippen LogP contribution in [0, 0.1) is 0 Å². The van der Waals surface area contributed by atoms with E-state index in [2.05, 4.69) is 5.43 Å². The molecule has 1 atom stereocenters. The van der Waals surface area contributed by atoms with Crippen molar-refractivity contribution in [1.29, 1.82) is 0 Å². The highest BCUT2D eigenvalue weighted by Crippen LogP contribution is 2.20. The Morgan fingerprint density at radius 3 is 1.96 bits per heavy atom. The molecule has 138 valence electrons. The van der Waals surface area contributed by atoms with Gasteiger partial charge in [-0.05, 0) is 47.1 Å². The SMILES string of the molecule is CC(C)(C)OC(=O)NN(C(=O)OC(C)(C)C)[C@H](C=O)c1ccccc1. The number of nitrogens with zero attached hydrogens (tertiary/aromatic N) is 1. The molecule has 1 aromatic rings. The molecule has 1 rings (SSSR count). The number of hydrazine groups is 1. The summed E-state index contributed by atoms with van der Waals surface area (Å²) in [6.07, 6.45) is -1.17. The van der Waals surface area contributed by atoms with E-state index in [0.29, 0.717) is 11.8 Å². The van der Waals surface area contributed by atoms with E-state index in [1.807, 2.05) is 0 Å². The molecule has 0 saturated heterocycles. The highest BCUT2D eigenvalue weighted by atomic mass is 16.6. The average molecular weight is 350 g/mol. The molecule has 1 N–H and O–H groups in total. The molecular formula is C18H26N2O5. The minimum absolute atomic E-state index is 0.527. The lowest BCUT2D eigenvalue weighted by atomic mass is 10.1. The van der Waals surface area contributed by atoms with Crippen LogP contribution in [0.5, 0.6) is 0 Å². The molecule has 0 unspecified atom stereocenters. The molecule has 0 fully saturated rings. The summed E-state index contributed by atoms with van der Waals surface area (Å²) in [6, 6.07) is 7.54. The van der Waals surface area contributed by atoms with Crippen LogP contribution in [0.1, 0.15) is 53.1 Å². The van der Waals surface area contributed by atoms with Gasteiger partial charge in [0, 0.05) is 0 Å². The van der Waals surface area contributed by atoms with Crippen molar-refractivity contribution in [2.45, 2.75) is 58.8 Å². The third-order valence-corrected chi connectivity index (χ3v) is 2.75. The van der Waals surface area contributed by atoms with Gasteiger partial charge in [-0.25, -0.2) is 20.0 Å². The number of hydrogen-bond acceptors (Lipinski definition) is 5. The van der Waals surface area contributed by atoms with Crippen molar-refractivity contribution in [3.8, 4) is 0 Å². The monoisotopic (exact) mass is 350 g/mol. The second-order valence-electron chi connectivity index (χ2n) is 7.46. The molecule has 0 spiro atoms. The fraction of sp³-hybridized carbons (Fsp3) is 0.500. The molecule has 0 aromatic heterocycles. The van der Waals surface area contributed by atoms with Gasteiger partial charge in [0.2, 0.25) is 0 Å². The van der Waals surface area contributed by atoms with Crippen molar-refractivity contribution in [1.82, 2.24) is 10.4 Å². The summed E-state index contributed by atoms with van der Waals surface area (Å²) < 4.78 is 10.5. The van der Waals surface area contributed by atoms with Gasteiger partial charge < -0.3 is 14.3 Å². The number of hydrogen-bond donors (Lipinski definition) is 1. The molecule has 7 heteroatoms. The Labute approximate surface area is 148 Å². The number of nitrogens with one attached hydrogen (secondary N) is 1. The number of carbonyl (C=O) groups excluding carboxylic acids is 3. The lowest BCUT2D eigenvalue weighted by Crippen LogP contribution is -2.51. The summed E-state index contributed by atoms with van der Waals surface area (Å²) in [4.78, 5) is 36.2. The number of amides is 2. The fourth-order valence-corrected chi connectivity index (χ4v) is 1.88. The van der Waals surface area contributed by atoms with E-state index in [0.717, 1.165) is 5.01 Å². The van der Waals surface area contributed by atoms with Crippen LogP contribution >= 0.6 is 0 Å². The Bertz CT molecular complexity index is 602. The minimum atomic E-state index is -1.05. The van der Waals surface area contributed by atoms with Gasteiger partial charge in [-0.1, -0.05) is 30.3 Å². The molecule has 1 aromatic carbocycles. The van der Waals surface area contributed by atoms with E-state index in [1.54, 1.807) is 71.9 Å². The van der Waals surface area contributed by atoms with Crippen molar-refractivity contribution >= 4 is 18.5 Å². The number of ether oxygens (including phenoxy) is 2. The van der Waals surface area contributed by atoms with Crippen LogP contribution in [0.2, 0.25) is 0 Å². The molecule has 0 aliphatic rings. The van der Waals surface area contributed by atoms with Gasteiger partial charge in [-0.2, -0.15) is 0 Å². The second-order valence-corrected chi connectivity index (χ2v) is 7.46. The molecule has 0 aliphatic carbocycles. The van der Waals surface area contributed by atoms with Crippen LogP contribution in [0.4, 0.5) is 9.59 Å². The molecule has 0 bridgehead atoms. The summed E-state index contributed by atoms with van der Waals surface area (Å²) in [6.45, 7) is 10.1. The molecule has 7 nitrogen and oxygen atoms in total. The van der Waals surface area contributed by atoms with Gasteiger partial charge in [0.1, 0.15) is 23.5 Å². The second kappa shape index (κ2) is 8.00. The van der Waals surface area contributed by atoms with Crippen molar-refractivity contribution in [2.75, 3.05) is 0 Å². The zero-order chi connectivity index (χ0) is 19.3. The summed E-state index contributed by atoms with van der Waals surface area (Å²) >= 11 is 0. The summed E-state index contributed by atoms with van der Waals surface area (Å²) in [5.74, 6) is 0.